The van der Waals surface area contributed by atoms with Crippen molar-refractivity contribution in [3.63, 3.8) is 0 Å². The third-order valence-corrected chi connectivity index (χ3v) is 3.17. The van der Waals surface area contributed by atoms with Crippen LogP contribution in [0, 0.1) is 5.41 Å². The lowest BCUT2D eigenvalue weighted by molar-refractivity contribution is 0.0299. The molecule has 94 valence electrons. The Morgan fingerprint density at radius 2 is 2.06 bits per heavy atom. The first kappa shape index (κ1) is 12.3. The monoisotopic (exact) mass is 257 g/mol. The summed E-state index contributed by atoms with van der Waals surface area (Å²) in [4.78, 5) is 11.7. The Bertz CT molecular complexity index is 374. The van der Waals surface area contributed by atoms with Gasteiger partial charge >= 0.3 is 0 Å². The third kappa shape index (κ3) is 3.41. The van der Waals surface area contributed by atoms with Crippen LogP contribution in [0.2, 0.25) is 5.28 Å². The fourth-order valence-electron chi connectivity index (χ4n) is 1.78. The van der Waals surface area contributed by atoms with Gasteiger partial charge in [-0.3, -0.25) is 0 Å². The van der Waals surface area contributed by atoms with Crippen molar-refractivity contribution in [2.45, 2.75) is 19.8 Å². The molecule has 1 aliphatic heterocycles. The van der Waals surface area contributed by atoms with Gasteiger partial charge in [0.15, 0.2) is 0 Å². The van der Waals surface area contributed by atoms with Crippen molar-refractivity contribution in [2.24, 2.45) is 5.41 Å². The molecular formula is C10H16ClN5O. The third-order valence-electron chi connectivity index (χ3n) is 3.00. The molecular weight excluding hydrogens is 242 g/mol. The molecule has 0 bridgehead atoms. The number of hydrogen-bond donors (Lipinski definition) is 2. The SMILES string of the molecule is CC1(CNc2nc(N)nc(Cl)n2)CCOCC1. The average Bonchev–Trinajstić information content (AvgIpc) is 2.26. The highest BCUT2D eigenvalue weighted by molar-refractivity contribution is 6.28. The van der Waals surface area contributed by atoms with E-state index < -0.39 is 0 Å². The zero-order chi connectivity index (χ0) is 12.3. The van der Waals surface area contributed by atoms with Crippen molar-refractivity contribution >= 4 is 23.5 Å². The highest BCUT2D eigenvalue weighted by Gasteiger charge is 2.27. The Kier molecular flexibility index (Phi) is 3.63. The van der Waals surface area contributed by atoms with E-state index in [0.29, 0.717) is 5.95 Å². The number of nitrogen functional groups attached to an aromatic ring is 1. The standard InChI is InChI=1S/C10H16ClN5O/c1-10(2-4-17-5-3-10)6-13-9-15-7(11)14-8(12)16-9/h2-6H2,1H3,(H3,12,13,14,15,16). The Labute approximate surface area is 105 Å². The molecule has 1 fully saturated rings. The molecule has 2 heterocycles. The summed E-state index contributed by atoms with van der Waals surface area (Å²) in [5.41, 5.74) is 5.69. The minimum absolute atomic E-state index is 0.108. The molecule has 2 rings (SSSR count). The van der Waals surface area contributed by atoms with Gasteiger partial charge in [0.25, 0.3) is 0 Å². The van der Waals surface area contributed by atoms with Gasteiger partial charge in [-0.2, -0.15) is 15.0 Å². The maximum atomic E-state index is 5.70. The van der Waals surface area contributed by atoms with E-state index in [0.717, 1.165) is 32.6 Å². The lowest BCUT2D eigenvalue weighted by atomic mass is 9.82. The summed E-state index contributed by atoms with van der Waals surface area (Å²) < 4.78 is 5.35. The van der Waals surface area contributed by atoms with Gasteiger partial charge in [-0.05, 0) is 29.9 Å². The summed E-state index contributed by atoms with van der Waals surface area (Å²) in [5, 5.41) is 3.26. The predicted octanol–water partition coefficient (Wildman–Crippen LogP) is 1.34. The molecule has 17 heavy (non-hydrogen) atoms. The van der Waals surface area contributed by atoms with Gasteiger partial charge < -0.3 is 15.8 Å². The van der Waals surface area contributed by atoms with Gasteiger partial charge in [-0.15, -0.1) is 0 Å². The largest absolute Gasteiger partial charge is 0.381 e. The van der Waals surface area contributed by atoms with Crippen LogP contribution < -0.4 is 11.1 Å². The summed E-state index contributed by atoms with van der Waals surface area (Å²) in [6.45, 7) is 4.60. The summed E-state index contributed by atoms with van der Waals surface area (Å²) >= 11 is 5.70. The molecule has 0 amide bonds. The van der Waals surface area contributed by atoms with Crippen LogP contribution in [-0.2, 0) is 4.74 Å². The first-order valence-electron chi connectivity index (χ1n) is 5.56. The summed E-state index contributed by atoms with van der Waals surface area (Å²) in [6.07, 6.45) is 2.04. The first-order chi connectivity index (χ1) is 8.07. The Morgan fingerprint density at radius 1 is 1.35 bits per heavy atom. The number of anilines is 2. The molecule has 0 atom stereocenters. The van der Waals surface area contributed by atoms with E-state index in [1.807, 2.05) is 0 Å². The Morgan fingerprint density at radius 3 is 2.71 bits per heavy atom. The topological polar surface area (TPSA) is 86.0 Å². The lowest BCUT2D eigenvalue weighted by Crippen LogP contribution is -2.33. The second-order valence-corrected chi connectivity index (χ2v) is 4.90. The number of aromatic nitrogens is 3. The van der Waals surface area contributed by atoms with Gasteiger partial charge in [0.05, 0.1) is 0 Å². The van der Waals surface area contributed by atoms with Crippen molar-refractivity contribution in [1.29, 1.82) is 0 Å². The summed E-state index contributed by atoms with van der Waals surface area (Å²) in [6, 6.07) is 0. The minimum Gasteiger partial charge on any atom is -0.381 e. The van der Waals surface area contributed by atoms with Crippen molar-refractivity contribution < 1.29 is 4.74 Å². The molecule has 0 unspecified atom stereocenters. The number of halogens is 1. The molecule has 1 aromatic rings. The number of nitrogens with two attached hydrogens (primary N) is 1. The number of hydrogen-bond acceptors (Lipinski definition) is 6. The van der Waals surface area contributed by atoms with Gasteiger partial charge in [0, 0.05) is 19.8 Å². The molecule has 0 aromatic carbocycles. The molecule has 7 heteroatoms. The quantitative estimate of drug-likeness (QED) is 0.850. The van der Waals surface area contributed by atoms with Crippen LogP contribution in [0.4, 0.5) is 11.9 Å². The molecule has 6 nitrogen and oxygen atoms in total. The van der Waals surface area contributed by atoms with Crippen molar-refractivity contribution in [3.8, 4) is 0 Å². The fraction of sp³-hybridized carbons (Fsp3) is 0.700. The van der Waals surface area contributed by atoms with Crippen LogP contribution in [0.3, 0.4) is 0 Å². The summed E-state index contributed by atoms with van der Waals surface area (Å²) in [5.74, 6) is 0.555. The van der Waals surface area contributed by atoms with E-state index in [-0.39, 0.29) is 16.6 Å². The van der Waals surface area contributed by atoms with Crippen LogP contribution in [-0.4, -0.2) is 34.7 Å². The van der Waals surface area contributed by atoms with Crippen molar-refractivity contribution in [3.05, 3.63) is 5.28 Å². The highest BCUT2D eigenvalue weighted by atomic mass is 35.5. The lowest BCUT2D eigenvalue weighted by Gasteiger charge is -2.33. The Hall–Kier alpha value is -1.14. The van der Waals surface area contributed by atoms with Crippen LogP contribution in [0.15, 0.2) is 0 Å². The molecule has 0 saturated carbocycles. The number of nitrogens with zero attached hydrogens (tertiary/aromatic N) is 3. The second-order valence-electron chi connectivity index (χ2n) is 4.56. The van der Waals surface area contributed by atoms with Crippen LogP contribution >= 0.6 is 11.6 Å². The van der Waals surface area contributed by atoms with Gasteiger partial charge in [0.1, 0.15) is 0 Å². The van der Waals surface area contributed by atoms with Gasteiger partial charge in [-0.1, -0.05) is 6.92 Å². The van der Waals surface area contributed by atoms with Crippen molar-refractivity contribution in [1.82, 2.24) is 15.0 Å². The highest BCUT2D eigenvalue weighted by Crippen LogP contribution is 2.29. The van der Waals surface area contributed by atoms with E-state index in [9.17, 15) is 0 Å². The minimum atomic E-state index is 0.108. The average molecular weight is 258 g/mol. The molecule has 3 N–H and O–H groups in total. The van der Waals surface area contributed by atoms with Crippen LogP contribution in [0.25, 0.3) is 0 Å². The maximum Gasteiger partial charge on any atom is 0.228 e. The smallest absolute Gasteiger partial charge is 0.228 e. The van der Waals surface area contributed by atoms with E-state index in [4.69, 9.17) is 22.1 Å². The molecule has 0 aliphatic carbocycles. The molecule has 0 radical (unpaired) electrons. The zero-order valence-electron chi connectivity index (χ0n) is 9.74. The molecule has 1 aliphatic rings. The van der Waals surface area contributed by atoms with E-state index in [1.165, 1.54) is 0 Å². The summed E-state index contributed by atoms with van der Waals surface area (Å²) in [7, 11) is 0. The van der Waals surface area contributed by atoms with Gasteiger partial charge in [-0.25, -0.2) is 0 Å². The fourth-order valence-corrected chi connectivity index (χ4v) is 1.94. The van der Waals surface area contributed by atoms with Crippen molar-refractivity contribution in [2.75, 3.05) is 30.8 Å². The first-order valence-corrected chi connectivity index (χ1v) is 5.94. The number of rotatable bonds is 3. The van der Waals surface area contributed by atoms with Gasteiger partial charge in [0.2, 0.25) is 17.2 Å². The van der Waals surface area contributed by atoms with E-state index >= 15 is 0 Å². The molecule has 1 saturated heterocycles. The number of ether oxygens (including phenoxy) is 1. The number of nitrogens with one attached hydrogen (secondary N) is 1. The maximum absolute atomic E-state index is 5.70. The second kappa shape index (κ2) is 5.01. The molecule has 1 aromatic heterocycles. The van der Waals surface area contributed by atoms with E-state index in [2.05, 4.69) is 27.2 Å². The Balaban J connectivity index is 1.96. The van der Waals surface area contributed by atoms with E-state index in [1.54, 1.807) is 0 Å². The predicted molar refractivity (Wildman–Crippen MR) is 65.9 cm³/mol. The normalized spacial score (nSPS) is 18.9. The van der Waals surface area contributed by atoms with Crippen LogP contribution in [0.1, 0.15) is 19.8 Å². The molecule has 0 spiro atoms. The van der Waals surface area contributed by atoms with Crippen LogP contribution in [0.5, 0.6) is 0 Å². The zero-order valence-corrected chi connectivity index (χ0v) is 10.5.